The first-order valence-corrected chi connectivity index (χ1v) is 4.45. The molecular weight excluding hydrogens is 184 g/mol. The molecule has 0 aromatic rings. The highest BCUT2D eigenvalue weighted by Gasteiger charge is 2.32. The summed E-state index contributed by atoms with van der Waals surface area (Å²) in [5.41, 5.74) is 5.41. The molecule has 0 saturated carbocycles. The number of nitrogens with zero attached hydrogens (tertiary/aromatic N) is 2. The molecule has 0 unspecified atom stereocenters. The SMILES string of the molecule is NC[C@H]1CN(C2=CN=CCN2)C(=O)O1. The maximum atomic E-state index is 11.4. The molecule has 1 saturated heterocycles. The Morgan fingerprint density at radius 3 is 3.21 bits per heavy atom. The number of amides is 1. The van der Waals surface area contributed by atoms with E-state index in [1.807, 2.05) is 0 Å². The van der Waals surface area contributed by atoms with E-state index in [9.17, 15) is 4.79 Å². The maximum Gasteiger partial charge on any atom is 0.415 e. The second kappa shape index (κ2) is 3.67. The number of ether oxygens (including phenoxy) is 1. The first-order chi connectivity index (χ1) is 6.81. The van der Waals surface area contributed by atoms with Crippen LogP contribution in [0.15, 0.2) is 17.0 Å². The van der Waals surface area contributed by atoms with Gasteiger partial charge in [0.15, 0.2) is 0 Å². The van der Waals surface area contributed by atoms with Gasteiger partial charge < -0.3 is 15.8 Å². The fraction of sp³-hybridized carbons (Fsp3) is 0.500. The zero-order valence-electron chi connectivity index (χ0n) is 7.64. The second-order valence-electron chi connectivity index (χ2n) is 3.08. The number of hydrogen-bond donors (Lipinski definition) is 2. The summed E-state index contributed by atoms with van der Waals surface area (Å²) in [5.74, 6) is 0.674. The van der Waals surface area contributed by atoms with Crippen molar-refractivity contribution >= 4 is 12.3 Å². The van der Waals surface area contributed by atoms with E-state index in [2.05, 4.69) is 10.3 Å². The number of hydrogen-bond acceptors (Lipinski definition) is 5. The molecule has 2 rings (SSSR count). The molecule has 0 spiro atoms. The van der Waals surface area contributed by atoms with E-state index >= 15 is 0 Å². The maximum absolute atomic E-state index is 11.4. The number of cyclic esters (lactones) is 1. The number of carbonyl (C=O) groups is 1. The lowest BCUT2D eigenvalue weighted by Gasteiger charge is -2.18. The molecule has 1 atom stereocenters. The molecule has 6 nitrogen and oxygen atoms in total. The third kappa shape index (κ3) is 1.56. The van der Waals surface area contributed by atoms with Gasteiger partial charge in [-0.15, -0.1) is 0 Å². The van der Waals surface area contributed by atoms with Crippen molar-refractivity contribution < 1.29 is 9.53 Å². The lowest BCUT2D eigenvalue weighted by atomic mass is 10.3. The van der Waals surface area contributed by atoms with Gasteiger partial charge in [0.05, 0.1) is 19.3 Å². The first-order valence-electron chi connectivity index (χ1n) is 4.45. The lowest BCUT2D eigenvalue weighted by Crippen LogP contribution is -2.35. The van der Waals surface area contributed by atoms with Crippen LogP contribution in [0, 0.1) is 0 Å². The molecule has 0 aromatic heterocycles. The van der Waals surface area contributed by atoms with Crippen LogP contribution in [0.3, 0.4) is 0 Å². The van der Waals surface area contributed by atoms with Crippen LogP contribution in [-0.2, 0) is 4.74 Å². The predicted molar refractivity (Wildman–Crippen MR) is 50.6 cm³/mol. The third-order valence-corrected chi connectivity index (χ3v) is 2.10. The molecule has 1 fully saturated rings. The Hall–Kier alpha value is -1.56. The summed E-state index contributed by atoms with van der Waals surface area (Å²) < 4.78 is 5.01. The minimum Gasteiger partial charge on any atom is -0.443 e. The Balaban J connectivity index is 2.08. The van der Waals surface area contributed by atoms with Crippen molar-refractivity contribution in [1.29, 1.82) is 0 Å². The van der Waals surface area contributed by atoms with Crippen LogP contribution in [-0.4, -0.2) is 42.9 Å². The largest absolute Gasteiger partial charge is 0.443 e. The normalized spacial score (nSPS) is 25.8. The monoisotopic (exact) mass is 196 g/mol. The Morgan fingerprint density at radius 1 is 1.79 bits per heavy atom. The van der Waals surface area contributed by atoms with Crippen LogP contribution >= 0.6 is 0 Å². The van der Waals surface area contributed by atoms with E-state index in [1.165, 1.54) is 4.90 Å². The van der Waals surface area contributed by atoms with Gasteiger partial charge in [-0.05, 0) is 0 Å². The standard InChI is InChI=1S/C8H12N4O2/c9-3-6-5-12(8(13)14-6)7-4-10-1-2-11-7/h1,4,6,11H,2-3,5,9H2/t6-/m0/s1. The van der Waals surface area contributed by atoms with Gasteiger partial charge in [-0.3, -0.25) is 9.89 Å². The van der Waals surface area contributed by atoms with Crippen molar-refractivity contribution in [2.75, 3.05) is 19.6 Å². The van der Waals surface area contributed by atoms with Gasteiger partial charge in [0.25, 0.3) is 0 Å². The molecule has 0 bridgehead atoms. The average Bonchev–Trinajstić information content (AvgIpc) is 2.61. The van der Waals surface area contributed by atoms with E-state index in [0.717, 1.165) is 0 Å². The molecule has 3 N–H and O–H groups in total. The number of aliphatic imine (C=N–C) groups is 1. The highest BCUT2D eigenvalue weighted by molar-refractivity contribution is 5.73. The van der Waals surface area contributed by atoms with Crippen molar-refractivity contribution in [3.8, 4) is 0 Å². The first kappa shape index (κ1) is 9.01. The Morgan fingerprint density at radius 2 is 2.64 bits per heavy atom. The molecule has 0 aliphatic carbocycles. The van der Waals surface area contributed by atoms with Gasteiger partial charge in [-0.25, -0.2) is 4.79 Å². The fourth-order valence-corrected chi connectivity index (χ4v) is 1.38. The van der Waals surface area contributed by atoms with Gasteiger partial charge in [-0.1, -0.05) is 0 Å². The summed E-state index contributed by atoms with van der Waals surface area (Å²) in [7, 11) is 0. The molecule has 2 heterocycles. The van der Waals surface area contributed by atoms with E-state index in [4.69, 9.17) is 10.5 Å². The fourth-order valence-electron chi connectivity index (χ4n) is 1.38. The Labute approximate surface area is 81.4 Å². The second-order valence-corrected chi connectivity index (χ2v) is 3.08. The summed E-state index contributed by atoms with van der Waals surface area (Å²) in [6.45, 7) is 1.46. The van der Waals surface area contributed by atoms with Crippen molar-refractivity contribution in [3.63, 3.8) is 0 Å². The Bertz CT molecular complexity index is 300. The summed E-state index contributed by atoms with van der Waals surface area (Å²) in [6, 6.07) is 0. The minimum atomic E-state index is -0.365. The van der Waals surface area contributed by atoms with Crippen molar-refractivity contribution in [2.24, 2.45) is 10.7 Å². The number of nitrogens with two attached hydrogens (primary N) is 1. The van der Waals surface area contributed by atoms with E-state index in [0.29, 0.717) is 25.5 Å². The van der Waals surface area contributed by atoms with Gasteiger partial charge in [0, 0.05) is 12.8 Å². The Kier molecular flexibility index (Phi) is 2.36. The zero-order chi connectivity index (χ0) is 9.97. The van der Waals surface area contributed by atoms with Crippen LogP contribution in [0.25, 0.3) is 0 Å². The van der Waals surface area contributed by atoms with Gasteiger partial charge in [0.2, 0.25) is 0 Å². The van der Waals surface area contributed by atoms with Crippen LogP contribution in [0.1, 0.15) is 0 Å². The summed E-state index contributed by atoms with van der Waals surface area (Å²) >= 11 is 0. The summed E-state index contributed by atoms with van der Waals surface area (Å²) in [5, 5.41) is 3.03. The minimum absolute atomic E-state index is 0.212. The molecule has 6 heteroatoms. The molecular formula is C8H12N4O2. The van der Waals surface area contributed by atoms with Crippen LogP contribution in [0.5, 0.6) is 0 Å². The molecule has 0 aromatic carbocycles. The molecule has 2 aliphatic heterocycles. The van der Waals surface area contributed by atoms with Crippen molar-refractivity contribution in [1.82, 2.24) is 10.2 Å². The molecule has 14 heavy (non-hydrogen) atoms. The summed E-state index contributed by atoms with van der Waals surface area (Å²) in [4.78, 5) is 16.8. The van der Waals surface area contributed by atoms with Gasteiger partial charge >= 0.3 is 6.09 Å². The smallest absolute Gasteiger partial charge is 0.415 e. The highest BCUT2D eigenvalue weighted by atomic mass is 16.6. The van der Waals surface area contributed by atoms with Crippen LogP contribution in [0.2, 0.25) is 0 Å². The quantitative estimate of drug-likeness (QED) is 0.608. The van der Waals surface area contributed by atoms with Gasteiger partial charge in [0.1, 0.15) is 11.9 Å². The number of carbonyl (C=O) groups excluding carboxylic acids is 1. The zero-order valence-corrected chi connectivity index (χ0v) is 7.64. The third-order valence-electron chi connectivity index (χ3n) is 2.10. The average molecular weight is 196 g/mol. The van der Waals surface area contributed by atoms with Crippen LogP contribution < -0.4 is 11.1 Å². The molecule has 0 radical (unpaired) electrons. The number of rotatable bonds is 2. The van der Waals surface area contributed by atoms with Gasteiger partial charge in [-0.2, -0.15) is 0 Å². The topological polar surface area (TPSA) is 80.0 Å². The van der Waals surface area contributed by atoms with E-state index in [-0.39, 0.29) is 12.2 Å². The highest BCUT2D eigenvalue weighted by Crippen LogP contribution is 2.15. The van der Waals surface area contributed by atoms with Crippen molar-refractivity contribution in [3.05, 3.63) is 12.0 Å². The number of nitrogens with one attached hydrogen (secondary N) is 1. The molecule has 2 aliphatic rings. The predicted octanol–water partition coefficient (Wildman–Crippen LogP) is -0.761. The lowest BCUT2D eigenvalue weighted by molar-refractivity contribution is 0.137. The van der Waals surface area contributed by atoms with Crippen molar-refractivity contribution in [2.45, 2.75) is 6.10 Å². The summed E-state index contributed by atoms with van der Waals surface area (Å²) in [6.07, 6.45) is 2.75. The van der Waals surface area contributed by atoms with E-state index < -0.39 is 0 Å². The molecule has 76 valence electrons. The molecule has 1 amide bonds. The van der Waals surface area contributed by atoms with Crippen LogP contribution in [0.4, 0.5) is 4.79 Å². The van der Waals surface area contributed by atoms with E-state index in [1.54, 1.807) is 12.4 Å².